The number of aromatic nitrogens is 2. The van der Waals surface area contributed by atoms with Crippen molar-refractivity contribution in [2.45, 2.75) is 50.0 Å². The summed E-state index contributed by atoms with van der Waals surface area (Å²) in [5.41, 5.74) is 0.403. The molecule has 2 amide bonds. The number of carbonyl (C=O) groups is 2. The van der Waals surface area contributed by atoms with Crippen LogP contribution in [-0.4, -0.2) is 46.4 Å². The number of hydrogen-bond donors (Lipinski definition) is 2. The number of thioether (sulfide) groups is 1. The summed E-state index contributed by atoms with van der Waals surface area (Å²) in [5, 5.41) is 6.66. The third kappa shape index (κ3) is 6.48. The fourth-order valence-electron chi connectivity index (χ4n) is 3.75. The van der Waals surface area contributed by atoms with Crippen molar-refractivity contribution in [3.8, 4) is 0 Å². The molecule has 0 aliphatic carbocycles. The summed E-state index contributed by atoms with van der Waals surface area (Å²) in [7, 11) is 0. The number of furan rings is 1. The first-order chi connectivity index (χ1) is 16.6. The molecule has 180 valence electrons. The zero-order chi connectivity index (χ0) is 23.8. The minimum atomic E-state index is -0.191. The van der Waals surface area contributed by atoms with E-state index in [0.29, 0.717) is 54.3 Å². The zero-order valence-electron chi connectivity index (χ0n) is 18.8. The Bertz CT molecular complexity index is 1170. The molecule has 0 bridgehead atoms. The Labute approximate surface area is 201 Å². The van der Waals surface area contributed by atoms with Crippen LogP contribution in [-0.2, 0) is 27.4 Å². The molecule has 4 rings (SSSR count). The largest absolute Gasteiger partial charge is 0.467 e. The van der Waals surface area contributed by atoms with Crippen molar-refractivity contribution in [2.24, 2.45) is 0 Å². The number of para-hydroxylation sites is 1. The quantitative estimate of drug-likeness (QED) is 0.317. The second-order valence-electron chi connectivity index (χ2n) is 8.06. The molecule has 0 radical (unpaired) electrons. The van der Waals surface area contributed by atoms with Crippen LogP contribution in [0.1, 0.15) is 31.4 Å². The first-order valence-corrected chi connectivity index (χ1v) is 12.4. The molecule has 3 aromatic rings. The van der Waals surface area contributed by atoms with Crippen LogP contribution in [0.2, 0.25) is 0 Å². The standard InChI is InChI=1S/C24H28N4O5S/c29-21(25-14-17-6-4-12-32-17)10-3-11-28-23(31)19-8-1-2-9-20(19)27-24(28)34-16-22(30)26-15-18-7-5-13-33-18/h1-2,5,7-9,13,17H,3-4,6,10-12,14-16H2,(H,25,29)(H,26,30)/t17-/m1/s1. The van der Waals surface area contributed by atoms with Gasteiger partial charge in [-0.2, -0.15) is 0 Å². The van der Waals surface area contributed by atoms with Gasteiger partial charge in [-0.25, -0.2) is 4.98 Å². The van der Waals surface area contributed by atoms with Crippen molar-refractivity contribution < 1.29 is 18.7 Å². The van der Waals surface area contributed by atoms with E-state index in [9.17, 15) is 14.4 Å². The lowest BCUT2D eigenvalue weighted by Gasteiger charge is -2.14. The number of amides is 2. The summed E-state index contributed by atoms with van der Waals surface area (Å²) in [4.78, 5) is 42.3. The predicted octanol–water partition coefficient (Wildman–Crippen LogP) is 2.47. The minimum Gasteiger partial charge on any atom is -0.467 e. The van der Waals surface area contributed by atoms with Crippen LogP contribution in [0, 0.1) is 0 Å². The second-order valence-corrected chi connectivity index (χ2v) is 9.00. The van der Waals surface area contributed by atoms with Crippen molar-refractivity contribution in [1.82, 2.24) is 20.2 Å². The van der Waals surface area contributed by atoms with Gasteiger partial charge in [0.2, 0.25) is 11.8 Å². The van der Waals surface area contributed by atoms with Gasteiger partial charge in [0.15, 0.2) is 5.16 Å². The van der Waals surface area contributed by atoms with E-state index in [0.717, 1.165) is 19.4 Å². The Balaban J connectivity index is 1.37. The van der Waals surface area contributed by atoms with Gasteiger partial charge in [-0.15, -0.1) is 0 Å². The molecular weight excluding hydrogens is 456 g/mol. The Morgan fingerprint density at radius 2 is 2.03 bits per heavy atom. The highest BCUT2D eigenvalue weighted by Gasteiger charge is 2.17. The number of fused-ring (bicyclic) bond motifs is 1. The molecular formula is C24H28N4O5S. The third-order valence-corrected chi connectivity index (χ3v) is 6.51. The Morgan fingerprint density at radius 1 is 1.15 bits per heavy atom. The van der Waals surface area contributed by atoms with E-state index >= 15 is 0 Å². The fraction of sp³-hybridized carbons (Fsp3) is 0.417. The summed E-state index contributed by atoms with van der Waals surface area (Å²) in [6, 6.07) is 10.7. The normalized spacial score (nSPS) is 15.5. The molecule has 1 aromatic carbocycles. The zero-order valence-corrected chi connectivity index (χ0v) is 19.6. The molecule has 9 nitrogen and oxygen atoms in total. The van der Waals surface area contributed by atoms with Gasteiger partial charge in [0.25, 0.3) is 5.56 Å². The van der Waals surface area contributed by atoms with Gasteiger partial charge in [-0.1, -0.05) is 23.9 Å². The number of nitrogens with one attached hydrogen (secondary N) is 2. The second kappa shape index (κ2) is 11.8. The van der Waals surface area contributed by atoms with E-state index in [4.69, 9.17) is 9.15 Å². The molecule has 1 aliphatic rings. The Kier molecular flexibility index (Phi) is 8.37. The Hall–Kier alpha value is -3.11. The van der Waals surface area contributed by atoms with Crippen LogP contribution in [0.25, 0.3) is 10.9 Å². The van der Waals surface area contributed by atoms with Crippen molar-refractivity contribution in [2.75, 3.05) is 18.9 Å². The van der Waals surface area contributed by atoms with E-state index in [2.05, 4.69) is 15.6 Å². The number of benzene rings is 1. The maximum absolute atomic E-state index is 13.1. The predicted molar refractivity (Wildman–Crippen MR) is 128 cm³/mol. The van der Waals surface area contributed by atoms with Gasteiger partial charge >= 0.3 is 0 Å². The van der Waals surface area contributed by atoms with Gasteiger partial charge in [0.05, 0.1) is 35.6 Å². The molecule has 0 unspecified atom stereocenters. The monoisotopic (exact) mass is 484 g/mol. The molecule has 1 atom stereocenters. The van der Waals surface area contributed by atoms with E-state index in [-0.39, 0.29) is 29.2 Å². The molecule has 1 fully saturated rings. The molecule has 0 saturated carbocycles. The molecule has 0 spiro atoms. The molecule has 3 heterocycles. The molecule has 2 N–H and O–H groups in total. The maximum Gasteiger partial charge on any atom is 0.262 e. The number of ether oxygens (including phenoxy) is 1. The van der Waals surface area contributed by atoms with E-state index in [1.807, 2.05) is 6.07 Å². The SMILES string of the molecule is O=C(CCCn1c(SCC(=O)NCc2ccco2)nc2ccccc2c1=O)NC[C@H]1CCCO1. The number of hydrogen-bond acceptors (Lipinski definition) is 7. The van der Waals surface area contributed by atoms with Gasteiger partial charge < -0.3 is 19.8 Å². The number of rotatable bonds is 11. The van der Waals surface area contributed by atoms with E-state index in [1.54, 1.807) is 41.2 Å². The van der Waals surface area contributed by atoms with Crippen molar-refractivity contribution in [1.29, 1.82) is 0 Å². The van der Waals surface area contributed by atoms with Gasteiger partial charge in [0.1, 0.15) is 5.76 Å². The van der Waals surface area contributed by atoms with Crippen LogP contribution < -0.4 is 16.2 Å². The van der Waals surface area contributed by atoms with Gasteiger partial charge in [-0.05, 0) is 43.5 Å². The topological polar surface area (TPSA) is 115 Å². The summed E-state index contributed by atoms with van der Waals surface area (Å²) < 4.78 is 12.3. The molecule has 10 heteroatoms. The molecule has 2 aromatic heterocycles. The lowest BCUT2D eigenvalue weighted by molar-refractivity contribution is -0.121. The fourth-order valence-corrected chi connectivity index (χ4v) is 4.61. The van der Waals surface area contributed by atoms with Crippen molar-refractivity contribution >= 4 is 34.5 Å². The van der Waals surface area contributed by atoms with Crippen molar-refractivity contribution in [3.63, 3.8) is 0 Å². The van der Waals surface area contributed by atoms with Crippen molar-refractivity contribution in [3.05, 3.63) is 58.8 Å². The number of nitrogens with zero attached hydrogens (tertiary/aromatic N) is 2. The molecule has 1 saturated heterocycles. The average Bonchev–Trinajstić information content (AvgIpc) is 3.56. The molecule has 1 aliphatic heterocycles. The highest BCUT2D eigenvalue weighted by Crippen LogP contribution is 2.18. The summed E-state index contributed by atoms with van der Waals surface area (Å²) in [6.45, 7) is 1.90. The van der Waals surface area contributed by atoms with E-state index < -0.39 is 0 Å². The smallest absolute Gasteiger partial charge is 0.262 e. The Morgan fingerprint density at radius 3 is 2.82 bits per heavy atom. The van der Waals surface area contributed by atoms with Crippen LogP contribution in [0.5, 0.6) is 0 Å². The van der Waals surface area contributed by atoms with Crippen LogP contribution in [0.15, 0.2) is 57.0 Å². The molecule has 34 heavy (non-hydrogen) atoms. The van der Waals surface area contributed by atoms with Gasteiger partial charge in [-0.3, -0.25) is 19.0 Å². The van der Waals surface area contributed by atoms with E-state index in [1.165, 1.54) is 11.8 Å². The van der Waals surface area contributed by atoms with Crippen LogP contribution in [0.3, 0.4) is 0 Å². The third-order valence-electron chi connectivity index (χ3n) is 5.54. The summed E-state index contributed by atoms with van der Waals surface area (Å²) in [5.74, 6) is 0.511. The number of carbonyl (C=O) groups excluding carboxylic acids is 2. The van der Waals surface area contributed by atoms with Gasteiger partial charge in [0, 0.05) is 26.1 Å². The summed E-state index contributed by atoms with van der Waals surface area (Å²) in [6.07, 6.45) is 4.41. The first-order valence-electron chi connectivity index (χ1n) is 11.4. The summed E-state index contributed by atoms with van der Waals surface area (Å²) >= 11 is 1.20. The lowest BCUT2D eigenvalue weighted by atomic mass is 10.2. The minimum absolute atomic E-state index is 0.0659. The highest BCUT2D eigenvalue weighted by molar-refractivity contribution is 7.99. The van der Waals surface area contributed by atoms with Crippen LogP contribution >= 0.6 is 11.8 Å². The van der Waals surface area contributed by atoms with Crippen LogP contribution in [0.4, 0.5) is 0 Å². The first kappa shape index (κ1) is 24.0. The lowest BCUT2D eigenvalue weighted by Crippen LogP contribution is -2.32. The highest BCUT2D eigenvalue weighted by atomic mass is 32.2. The average molecular weight is 485 g/mol. The maximum atomic E-state index is 13.1.